The normalized spacial score (nSPS) is 19.2. The number of amides is 3. The Bertz CT molecular complexity index is 977. The minimum Gasteiger partial charge on any atom is -0.459 e. The molecule has 2 N–H and O–H groups in total. The van der Waals surface area contributed by atoms with Crippen molar-refractivity contribution in [3.8, 4) is 0 Å². The van der Waals surface area contributed by atoms with Crippen molar-refractivity contribution in [3.63, 3.8) is 0 Å². The topological polar surface area (TPSA) is 101 Å². The van der Waals surface area contributed by atoms with Crippen LogP contribution >= 0.6 is 0 Å². The first-order chi connectivity index (χ1) is 17.0. The van der Waals surface area contributed by atoms with Crippen molar-refractivity contribution in [1.29, 1.82) is 0 Å². The van der Waals surface area contributed by atoms with Crippen molar-refractivity contribution in [2.75, 3.05) is 19.7 Å². The molecule has 1 aromatic heterocycles. The molecule has 1 aliphatic carbocycles. The van der Waals surface area contributed by atoms with Crippen LogP contribution in [0.4, 0.5) is 0 Å². The van der Waals surface area contributed by atoms with Crippen molar-refractivity contribution >= 4 is 17.7 Å². The first-order valence-corrected chi connectivity index (χ1v) is 12.6. The molecule has 0 unspecified atom stereocenters. The van der Waals surface area contributed by atoms with Crippen molar-refractivity contribution < 1.29 is 23.5 Å². The van der Waals surface area contributed by atoms with Gasteiger partial charge in [-0.2, -0.15) is 0 Å². The molecule has 1 aromatic carbocycles. The van der Waals surface area contributed by atoms with E-state index in [-0.39, 0.29) is 42.8 Å². The van der Waals surface area contributed by atoms with Gasteiger partial charge < -0.3 is 24.7 Å². The van der Waals surface area contributed by atoms with Gasteiger partial charge in [0.25, 0.3) is 5.91 Å². The summed E-state index contributed by atoms with van der Waals surface area (Å²) in [5.41, 5.74) is 1.82. The van der Waals surface area contributed by atoms with E-state index >= 15 is 0 Å². The molecule has 1 aliphatic heterocycles. The minimum atomic E-state index is -0.810. The maximum absolute atomic E-state index is 13.7. The molecule has 0 spiro atoms. The largest absolute Gasteiger partial charge is 0.459 e. The average molecular weight is 482 g/mol. The third-order valence-electron chi connectivity index (χ3n) is 6.79. The Balaban J connectivity index is 1.57. The van der Waals surface area contributed by atoms with Gasteiger partial charge in [-0.05, 0) is 50.3 Å². The number of carbonyl (C=O) groups is 3. The maximum atomic E-state index is 13.7. The van der Waals surface area contributed by atoms with Gasteiger partial charge in [-0.15, -0.1) is 0 Å². The molecule has 3 amide bonds. The molecule has 2 fully saturated rings. The van der Waals surface area contributed by atoms with Crippen LogP contribution < -0.4 is 10.6 Å². The summed E-state index contributed by atoms with van der Waals surface area (Å²) >= 11 is 0. The van der Waals surface area contributed by atoms with Gasteiger partial charge in [0, 0.05) is 19.2 Å². The Morgan fingerprint density at radius 1 is 1.03 bits per heavy atom. The zero-order valence-electron chi connectivity index (χ0n) is 20.3. The van der Waals surface area contributed by atoms with Crippen LogP contribution in [0.1, 0.15) is 72.7 Å². The van der Waals surface area contributed by atoms with E-state index in [2.05, 4.69) is 10.6 Å². The molecular formula is C27H35N3O5. The molecule has 2 atom stereocenters. The van der Waals surface area contributed by atoms with Gasteiger partial charge in [0.15, 0.2) is 5.76 Å². The highest BCUT2D eigenvalue weighted by Gasteiger charge is 2.35. The van der Waals surface area contributed by atoms with Crippen LogP contribution in [0.5, 0.6) is 0 Å². The van der Waals surface area contributed by atoms with Crippen LogP contribution in [0, 0.1) is 6.92 Å². The van der Waals surface area contributed by atoms with E-state index in [1.165, 1.54) is 18.8 Å². The lowest BCUT2D eigenvalue weighted by molar-refractivity contribution is -0.142. The fraction of sp³-hybridized carbons (Fsp3) is 0.519. The number of benzene rings is 1. The molecule has 2 aliphatic rings. The molecule has 2 heterocycles. The molecule has 35 heavy (non-hydrogen) atoms. The van der Waals surface area contributed by atoms with Gasteiger partial charge in [-0.1, -0.05) is 49.1 Å². The van der Waals surface area contributed by atoms with Gasteiger partial charge in [-0.3, -0.25) is 14.4 Å². The molecule has 1 saturated carbocycles. The van der Waals surface area contributed by atoms with E-state index < -0.39 is 11.9 Å². The Kier molecular flexibility index (Phi) is 8.58. The number of furan rings is 1. The Morgan fingerprint density at radius 2 is 1.80 bits per heavy atom. The van der Waals surface area contributed by atoms with E-state index in [1.807, 2.05) is 31.2 Å². The lowest BCUT2D eigenvalue weighted by atomic mass is 9.94. The van der Waals surface area contributed by atoms with E-state index in [0.717, 1.165) is 49.7 Å². The van der Waals surface area contributed by atoms with Gasteiger partial charge >= 0.3 is 0 Å². The van der Waals surface area contributed by atoms with Gasteiger partial charge in [0.2, 0.25) is 11.8 Å². The SMILES string of the molecule is Cc1ccc([C@H](C(=O)NC2CCCCC2)N(C[C@@H]2CCCO2)C(=O)CNC(=O)c2ccco2)cc1. The molecule has 4 rings (SSSR count). The highest BCUT2D eigenvalue weighted by atomic mass is 16.5. The number of rotatable bonds is 9. The van der Waals surface area contributed by atoms with E-state index in [1.54, 1.807) is 11.0 Å². The third-order valence-corrected chi connectivity index (χ3v) is 6.79. The lowest BCUT2D eigenvalue weighted by Crippen LogP contribution is -2.51. The number of hydrogen-bond donors (Lipinski definition) is 2. The standard InChI is InChI=1S/C27H35N3O5/c1-19-11-13-20(14-12-19)25(27(33)29-21-7-3-2-4-8-21)30(18-22-9-5-15-34-22)24(31)17-28-26(32)23-10-6-16-35-23/h6,10-14,16,21-22,25H,2-5,7-9,15,17-18H2,1H3,(H,28,32)(H,29,33)/t22-,25+/m0/s1. The summed E-state index contributed by atoms with van der Waals surface area (Å²) in [6.45, 7) is 2.67. The summed E-state index contributed by atoms with van der Waals surface area (Å²) < 4.78 is 11.0. The number of hydrogen-bond acceptors (Lipinski definition) is 5. The first-order valence-electron chi connectivity index (χ1n) is 12.6. The maximum Gasteiger partial charge on any atom is 0.287 e. The number of nitrogens with one attached hydrogen (secondary N) is 2. The van der Waals surface area contributed by atoms with Crippen molar-refractivity contribution in [1.82, 2.24) is 15.5 Å². The van der Waals surface area contributed by atoms with Gasteiger partial charge in [-0.25, -0.2) is 0 Å². The van der Waals surface area contributed by atoms with Crippen molar-refractivity contribution in [2.24, 2.45) is 0 Å². The summed E-state index contributed by atoms with van der Waals surface area (Å²) in [6.07, 6.45) is 8.29. The molecule has 1 saturated heterocycles. The highest BCUT2D eigenvalue weighted by molar-refractivity contribution is 5.95. The minimum absolute atomic E-state index is 0.113. The van der Waals surface area contributed by atoms with Crippen LogP contribution in [0.3, 0.4) is 0 Å². The number of nitrogens with zero attached hydrogens (tertiary/aromatic N) is 1. The fourth-order valence-electron chi connectivity index (χ4n) is 4.86. The lowest BCUT2D eigenvalue weighted by Gasteiger charge is -2.34. The second kappa shape index (κ2) is 12.0. The summed E-state index contributed by atoms with van der Waals surface area (Å²) in [6, 6.07) is 10.2. The summed E-state index contributed by atoms with van der Waals surface area (Å²) in [5.74, 6) is -0.873. The van der Waals surface area contributed by atoms with Crippen LogP contribution in [-0.4, -0.2) is 54.5 Å². The molecule has 8 nitrogen and oxygen atoms in total. The molecular weight excluding hydrogens is 446 g/mol. The molecule has 8 heteroatoms. The fourth-order valence-corrected chi connectivity index (χ4v) is 4.86. The summed E-state index contributed by atoms with van der Waals surface area (Å²) in [5, 5.41) is 5.83. The van der Waals surface area contributed by atoms with Crippen LogP contribution in [-0.2, 0) is 14.3 Å². The Hall–Kier alpha value is -3.13. The molecule has 0 bridgehead atoms. The number of ether oxygens (including phenoxy) is 1. The van der Waals surface area contributed by atoms with Crippen molar-refractivity contribution in [2.45, 2.75) is 70.1 Å². The predicted octanol–water partition coefficient (Wildman–Crippen LogP) is 3.52. The second-order valence-electron chi connectivity index (χ2n) is 9.50. The predicted molar refractivity (Wildman–Crippen MR) is 131 cm³/mol. The zero-order chi connectivity index (χ0) is 24.6. The third kappa shape index (κ3) is 6.72. The van der Waals surface area contributed by atoms with E-state index in [4.69, 9.17) is 9.15 Å². The molecule has 188 valence electrons. The van der Waals surface area contributed by atoms with E-state index in [9.17, 15) is 14.4 Å². The Morgan fingerprint density at radius 3 is 2.46 bits per heavy atom. The quantitative estimate of drug-likeness (QED) is 0.571. The van der Waals surface area contributed by atoms with Gasteiger partial charge in [0.1, 0.15) is 6.04 Å². The van der Waals surface area contributed by atoms with E-state index in [0.29, 0.717) is 6.61 Å². The number of aryl methyl sites for hydroxylation is 1. The molecule has 0 radical (unpaired) electrons. The van der Waals surface area contributed by atoms with Crippen LogP contribution in [0.25, 0.3) is 0 Å². The van der Waals surface area contributed by atoms with Crippen molar-refractivity contribution in [3.05, 3.63) is 59.5 Å². The van der Waals surface area contributed by atoms with Gasteiger partial charge in [0.05, 0.1) is 18.9 Å². The summed E-state index contributed by atoms with van der Waals surface area (Å²) in [7, 11) is 0. The smallest absolute Gasteiger partial charge is 0.287 e. The summed E-state index contributed by atoms with van der Waals surface area (Å²) in [4.78, 5) is 41.2. The Labute approximate surface area is 206 Å². The van der Waals surface area contributed by atoms with Crippen LogP contribution in [0.15, 0.2) is 47.1 Å². The average Bonchev–Trinajstić information content (AvgIpc) is 3.58. The monoisotopic (exact) mass is 481 g/mol. The molecule has 2 aromatic rings. The zero-order valence-corrected chi connectivity index (χ0v) is 20.3. The first kappa shape index (κ1) is 25.0. The second-order valence-corrected chi connectivity index (χ2v) is 9.50. The van der Waals surface area contributed by atoms with Crippen LogP contribution in [0.2, 0.25) is 0 Å². The number of carbonyl (C=O) groups excluding carboxylic acids is 3. The highest BCUT2D eigenvalue weighted by Crippen LogP contribution is 2.26.